The lowest BCUT2D eigenvalue weighted by Gasteiger charge is -2.27. The van der Waals surface area contributed by atoms with Crippen LogP contribution < -0.4 is 5.73 Å². The molecule has 0 saturated heterocycles. The molecule has 17 heavy (non-hydrogen) atoms. The third kappa shape index (κ3) is 2.71. The van der Waals surface area contributed by atoms with Crippen molar-refractivity contribution in [3.63, 3.8) is 0 Å². The first-order chi connectivity index (χ1) is 8.09. The van der Waals surface area contributed by atoms with Crippen molar-refractivity contribution in [2.24, 2.45) is 5.73 Å². The molecule has 0 aliphatic heterocycles. The van der Waals surface area contributed by atoms with Gasteiger partial charge in [-0.15, -0.1) is 0 Å². The molecule has 0 fully saturated rings. The Bertz CT molecular complexity index is 489. The lowest BCUT2D eigenvalue weighted by Crippen LogP contribution is -2.36. The van der Waals surface area contributed by atoms with Crippen molar-refractivity contribution in [1.82, 2.24) is 4.98 Å². The van der Waals surface area contributed by atoms with Gasteiger partial charge in [-0.05, 0) is 43.0 Å². The molecular formula is C15H18N2. The zero-order valence-corrected chi connectivity index (χ0v) is 10.4. The highest BCUT2D eigenvalue weighted by Crippen LogP contribution is 2.25. The number of hydrogen-bond acceptors (Lipinski definition) is 2. The van der Waals surface area contributed by atoms with Crippen molar-refractivity contribution in [2.45, 2.75) is 25.8 Å². The van der Waals surface area contributed by atoms with Gasteiger partial charge in [0.15, 0.2) is 0 Å². The summed E-state index contributed by atoms with van der Waals surface area (Å²) < 4.78 is 0. The molecule has 1 aromatic carbocycles. The Morgan fingerprint density at radius 3 is 2.59 bits per heavy atom. The van der Waals surface area contributed by atoms with Gasteiger partial charge in [0.05, 0.1) is 0 Å². The fraction of sp³-hybridized carbons (Fsp3) is 0.267. The summed E-state index contributed by atoms with van der Waals surface area (Å²) in [4.78, 5) is 4.13. The average molecular weight is 226 g/mol. The number of aryl methyl sites for hydroxylation is 1. The Kier molecular flexibility index (Phi) is 3.25. The van der Waals surface area contributed by atoms with Crippen LogP contribution in [-0.2, 0) is 12.0 Å². The molecule has 2 N–H and O–H groups in total. The number of nitrogens with zero attached hydrogens (tertiary/aromatic N) is 1. The molecule has 1 aromatic heterocycles. The van der Waals surface area contributed by atoms with Crippen molar-refractivity contribution < 1.29 is 0 Å². The highest BCUT2D eigenvalue weighted by molar-refractivity contribution is 5.33. The molecule has 0 aliphatic carbocycles. The maximum Gasteiger partial charge on any atom is 0.0425 e. The SMILES string of the molecule is Cc1ccccc1C(C)(N)Cc1cccnc1. The molecule has 2 heteroatoms. The predicted octanol–water partition coefficient (Wildman–Crippen LogP) is 2.81. The van der Waals surface area contributed by atoms with E-state index in [0.717, 1.165) is 6.42 Å². The summed E-state index contributed by atoms with van der Waals surface area (Å²) in [5.74, 6) is 0. The Labute approximate surface area is 103 Å². The fourth-order valence-electron chi connectivity index (χ4n) is 2.24. The van der Waals surface area contributed by atoms with Crippen molar-refractivity contribution in [3.8, 4) is 0 Å². The Morgan fingerprint density at radius 2 is 1.94 bits per heavy atom. The molecule has 0 amide bonds. The first-order valence-corrected chi connectivity index (χ1v) is 5.83. The van der Waals surface area contributed by atoms with Gasteiger partial charge < -0.3 is 5.73 Å². The van der Waals surface area contributed by atoms with E-state index >= 15 is 0 Å². The Morgan fingerprint density at radius 1 is 1.18 bits per heavy atom. The highest BCUT2D eigenvalue weighted by Gasteiger charge is 2.23. The standard InChI is InChI=1S/C15H18N2/c1-12-6-3-4-8-14(12)15(2,16)10-13-7-5-9-17-11-13/h3-9,11H,10,16H2,1-2H3. The van der Waals surface area contributed by atoms with Gasteiger partial charge in [-0.3, -0.25) is 4.98 Å². The summed E-state index contributed by atoms with van der Waals surface area (Å²) >= 11 is 0. The van der Waals surface area contributed by atoms with Gasteiger partial charge in [0.1, 0.15) is 0 Å². The van der Waals surface area contributed by atoms with E-state index in [2.05, 4.69) is 37.0 Å². The summed E-state index contributed by atoms with van der Waals surface area (Å²) in [6, 6.07) is 12.3. The molecule has 0 spiro atoms. The monoisotopic (exact) mass is 226 g/mol. The van der Waals surface area contributed by atoms with Crippen LogP contribution in [0.4, 0.5) is 0 Å². The van der Waals surface area contributed by atoms with E-state index < -0.39 is 0 Å². The van der Waals surface area contributed by atoms with Crippen LogP contribution in [0.2, 0.25) is 0 Å². The second-order valence-corrected chi connectivity index (χ2v) is 4.77. The van der Waals surface area contributed by atoms with Gasteiger partial charge in [-0.2, -0.15) is 0 Å². The zero-order chi connectivity index (χ0) is 12.3. The average Bonchev–Trinajstić information content (AvgIpc) is 2.30. The van der Waals surface area contributed by atoms with Gasteiger partial charge in [0.25, 0.3) is 0 Å². The maximum absolute atomic E-state index is 6.44. The first kappa shape index (κ1) is 11.8. The van der Waals surface area contributed by atoms with E-state index in [9.17, 15) is 0 Å². The van der Waals surface area contributed by atoms with E-state index in [4.69, 9.17) is 5.73 Å². The van der Waals surface area contributed by atoms with Crippen LogP contribution in [0.5, 0.6) is 0 Å². The topological polar surface area (TPSA) is 38.9 Å². The summed E-state index contributed by atoms with van der Waals surface area (Å²) in [6.07, 6.45) is 4.46. The summed E-state index contributed by atoms with van der Waals surface area (Å²) in [7, 11) is 0. The minimum atomic E-state index is -0.353. The second kappa shape index (κ2) is 4.68. The van der Waals surface area contributed by atoms with Crippen molar-refractivity contribution in [3.05, 3.63) is 65.5 Å². The smallest absolute Gasteiger partial charge is 0.0425 e. The molecule has 1 atom stereocenters. The third-order valence-corrected chi connectivity index (χ3v) is 3.05. The minimum absolute atomic E-state index is 0.353. The first-order valence-electron chi connectivity index (χ1n) is 5.83. The van der Waals surface area contributed by atoms with E-state index in [1.54, 1.807) is 6.20 Å². The maximum atomic E-state index is 6.44. The van der Waals surface area contributed by atoms with Crippen LogP contribution in [0.15, 0.2) is 48.8 Å². The Hall–Kier alpha value is -1.67. The van der Waals surface area contributed by atoms with Gasteiger partial charge in [0, 0.05) is 17.9 Å². The quantitative estimate of drug-likeness (QED) is 0.874. The molecule has 0 saturated carbocycles. The Balaban J connectivity index is 2.28. The van der Waals surface area contributed by atoms with Crippen LogP contribution in [0, 0.1) is 6.92 Å². The number of aromatic nitrogens is 1. The summed E-state index contributed by atoms with van der Waals surface area (Å²) in [5, 5.41) is 0. The molecule has 0 bridgehead atoms. The largest absolute Gasteiger partial charge is 0.321 e. The number of pyridine rings is 1. The predicted molar refractivity (Wildman–Crippen MR) is 70.7 cm³/mol. The van der Waals surface area contributed by atoms with Crippen LogP contribution in [0.25, 0.3) is 0 Å². The molecule has 0 aliphatic rings. The second-order valence-electron chi connectivity index (χ2n) is 4.77. The van der Waals surface area contributed by atoms with Crippen molar-refractivity contribution in [2.75, 3.05) is 0 Å². The molecule has 2 aromatic rings. The highest BCUT2D eigenvalue weighted by atomic mass is 14.7. The van der Waals surface area contributed by atoms with E-state index in [0.29, 0.717) is 0 Å². The molecule has 0 radical (unpaired) electrons. The van der Waals surface area contributed by atoms with Crippen molar-refractivity contribution >= 4 is 0 Å². The molecule has 1 unspecified atom stereocenters. The number of nitrogens with two attached hydrogens (primary N) is 1. The van der Waals surface area contributed by atoms with Crippen LogP contribution in [0.3, 0.4) is 0 Å². The molecule has 1 heterocycles. The molecule has 88 valence electrons. The van der Waals surface area contributed by atoms with Gasteiger partial charge in [-0.25, -0.2) is 0 Å². The zero-order valence-electron chi connectivity index (χ0n) is 10.4. The van der Waals surface area contributed by atoms with E-state index in [1.165, 1.54) is 16.7 Å². The molecular weight excluding hydrogens is 208 g/mol. The van der Waals surface area contributed by atoms with Crippen LogP contribution >= 0.6 is 0 Å². The fourth-order valence-corrected chi connectivity index (χ4v) is 2.24. The number of benzene rings is 1. The normalized spacial score (nSPS) is 14.3. The number of rotatable bonds is 3. The number of hydrogen-bond donors (Lipinski definition) is 1. The molecule has 2 rings (SSSR count). The van der Waals surface area contributed by atoms with Gasteiger partial charge in [-0.1, -0.05) is 30.3 Å². The van der Waals surface area contributed by atoms with Crippen molar-refractivity contribution in [1.29, 1.82) is 0 Å². The van der Waals surface area contributed by atoms with Gasteiger partial charge in [0.2, 0.25) is 0 Å². The molecule has 2 nitrogen and oxygen atoms in total. The third-order valence-electron chi connectivity index (χ3n) is 3.05. The lowest BCUT2D eigenvalue weighted by molar-refractivity contribution is 0.488. The summed E-state index contributed by atoms with van der Waals surface area (Å²) in [5.41, 5.74) is 9.69. The van der Waals surface area contributed by atoms with E-state index in [-0.39, 0.29) is 5.54 Å². The lowest BCUT2D eigenvalue weighted by atomic mass is 9.84. The van der Waals surface area contributed by atoms with Crippen LogP contribution in [0.1, 0.15) is 23.6 Å². The van der Waals surface area contributed by atoms with E-state index in [1.807, 2.05) is 24.4 Å². The van der Waals surface area contributed by atoms with Gasteiger partial charge >= 0.3 is 0 Å². The summed E-state index contributed by atoms with van der Waals surface area (Å²) in [6.45, 7) is 4.17. The minimum Gasteiger partial charge on any atom is -0.321 e. The van der Waals surface area contributed by atoms with Crippen LogP contribution in [-0.4, -0.2) is 4.98 Å².